The van der Waals surface area contributed by atoms with Crippen LogP contribution in [0.5, 0.6) is 5.75 Å². The molecular weight excluding hydrogens is 372 g/mol. The SMILES string of the molecule is CC[C@@]1(O)C(=O)OCc2c1cc1n(c2=O)Cc2c-1nc1ccc(O)c3c1c2CC3. The molecule has 0 bridgehead atoms. The first-order valence-corrected chi connectivity index (χ1v) is 9.77. The molecule has 2 aromatic heterocycles. The number of aromatic hydroxyl groups is 1. The van der Waals surface area contributed by atoms with Crippen LogP contribution in [0.3, 0.4) is 0 Å². The van der Waals surface area contributed by atoms with Crippen LogP contribution in [0.15, 0.2) is 23.0 Å². The second-order valence-electron chi connectivity index (χ2n) is 7.98. The van der Waals surface area contributed by atoms with E-state index in [0.717, 1.165) is 40.4 Å². The minimum Gasteiger partial charge on any atom is -0.508 e. The van der Waals surface area contributed by atoms with Gasteiger partial charge in [-0.15, -0.1) is 0 Å². The number of aryl methyl sites for hydroxylation is 2. The van der Waals surface area contributed by atoms with Gasteiger partial charge in [-0.3, -0.25) is 4.79 Å². The molecule has 1 aromatic carbocycles. The van der Waals surface area contributed by atoms with Gasteiger partial charge in [0.2, 0.25) is 0 Å². The number of pyridine rings is 2. The lowest BCUT2D eigenvalue weighted by Crippen LogP contribution is -2.44. The number of ether oxygens (including phenoxy) is 1. The van der Waals surface area contributed by atoms with Gasteiger partial charge in [0.05, 0.1) is 29.0 Å². The van der Waals surface area contributed by atoms with Gasteiger partial charge in [0, 0.05) is 22.1 Å². The van der Waals surface area contributed by atoms with E-state index >= 15 is 0 Å². The van der Waals surface area contributed by atoms with Crippen molar-refractivity contribution >= 4 is 16.9 Å². The summed E-state index contributed by atoms with van der Waals surface area (Å²) in [5.41, 5.74) is 3.69. The molecule has 0 amide bonds. The fraction of sp³-hybridized carbons (Fsp3) is 0.318. The van der Waals surface area contributed by atoms with Crippen LogP contribution in [-0.2, 0) is 41.1 Å². The van der Waals surface area contributed by atoms with E-state index in [0.29, 0.717) is 29.1 Å². The Bertz CT molecular complexity index is 1340. The average molecular weight is 390 g/mol. The number of hydrogen-bond acceptors (Lipinski definition) is 6. The number of cyclic esters (lactones) is 1. The van der Waals surface area contributed by atoms with Crippen LogP contribution in [0, 0.1) is 0 Å². The number of carbonyl (C=O) groups excluding carboxylic acids is 1. The number of phenols is 1. The normalized spacial score (nSPS) is 21.1. The highest BCUT2D eigenvalue weighted by Crippen LogP contribution is 2.44. The first kappa shape index (κ1) is 16.7. The highest BCUT2D eigenvalue weighted by Gasteiger charge is 2.45. The topological polar surface area (TPSA) is 102 Å². The minimum absolute atomic E-state index is 0.119. The molecule has 2 aliphatic heterocycles. The molecule has 0 fully saturated rings. The number of aliphatic hydroxyl groups is 1. The Morgan fingerprint density at radius 1 is 1.17 bits per heavy atom. The molecule has 0 spiro atoms. The monoisotopic (exact) mass is 390 g/mol. The Morgan fingerprint density at radius 3 is 2.76 bits per heavy atom. The lowest BCUT2D eigenvalue weighted by atomic mass is 9.86. The summed E-state index contributed by atoms with van der Waals surface area (Å²) >= 11 is 0. The number of rotatable bonds is 1. The second kappa shape index (κ2) is 5.24. The summed E-state index contributed by atoms with van der Waals surface area (Å²) in [5, 5.41) is 22.1. The summed E-state index contributed by atoms with van der Waals surface area (Å²) in [6.45, 7) is 1.95. The average Bonchev–Trinajstić information content (AvgIpc) is 3.31. The molecule has 4 heterocycles. The van der Waals surface area contributed by atoms with E-state index in [9.17, 15) is 19.8 Å². The van der Waals surface area contributed by atoms with Crippen molar-refractivity contribution in [3.63, 3.8) is 0 Å². The van der Waals surface area contributed by atoms with Gasteiger partial charge in [0.15, 0.2) is 5.60 Å². The van der Waals surface area contributed by atoms with Crippen LogP contribution in [-0.4, -0.2) is 25.7 Å². The molecule has 7 heteroatoms. The number of phenolic OH excluding ortho intramolecular Hbond substituents is 1. The van der Waals surface area contributed by atoms with E-state index < -0.39 is 11.6 Å². The van der Waals surface area contributed by atoms with Gasteiger partial charge in [-0.25, -0.2) is 9.78 Å². The highest BCUT2D eigenvalue weighted by atomic mass is 16.6. The number of benzene rings is 1. The van der Waals surface area contributed by atoms with Crippen molar-refractivity contribution in [2.45, 2.75) is 44.9 Å². The van der Waals surface area contributed by atoms with Crippen LogP contribution in [0.4, 0.5) is 0 Å². The second-order valence-corrected chi connectivity index (χ2v) is 7.98. The minimum atomic E-state index is -1.82. The van der Waals surface area contributed by atoms with Gasteiger partial charge >= 0.3 is 5.97 Å². The van der Waals surface area contributed by atoms with Crippen molar-refractivity contribution in [1.29, 1.82) is 0 Å². The van der Waals surface area contributed by atoms with E-state index in [1.165, 1.54) is 0 Å². The summed E-state index contributed by atoms with van der Waals surface area (Å²) in [5.74, 6) is -0.440. The number of fused-ring (bicyclic) bond motifs is 5. The van der Waals surface area contributed by atoms with E-state index in [2.05, 4.69) is 0 Å². The number of nitrogens with zero attached hydrogens (tertiary/aromatic N) is 2. The lowest BCUT2D eigenvalue weighted by Gasteiger charge is -2.31. The zero-order valence-corrected chi connectivity index (χ0v) is 15.8. The predicted molar refractivity (Wildman–Crippen MR) is 104 cm³/mol. The van der Waals surface area contributed by atoms with Crippen molar-refractivity contribution < 1.29 is 19.7 Å². The van der Waals surface area contributed by atoms with Gasteiger partial charge in [0.25, 0.3) is 5.56 Å². The summed E-state index contributed by atoms with van der Waals surface area (Å²) in [6.07, 6.45) is 1.65. The smallest absolute Gasteiger partial charge is 0.343 e. The molecule has 1 atom stereocenters. The first-order valence-electron chi connectivity index (χ1n) is 9.77. The molecule has 1 aliphatic carbocycles. The maximum atomic E-state index is 13.2. The molecule has 0 unspecified atom stereocenters. The zero-order valence-electron chi connectivity index (χ0n) is 15.8. The Morgan fingerprint density at radius 2 is 1.97 bits per heavy atom. The molecule has 3 aliphatic rings. The number of hydrogen-bond donors (Lipinski definition) is 2. The van der Waals surface area contributed by atoms with Crippen LogP contribution in [0.1, 0.15) is 41.2 Å². The lowest BCUT2D eigenvalue weighted by molar-refractivity contribution is -0.172. The van der Waals surface area contributed by atoms with Crippen LogP contribution < -0.4 is 5.56 Å². The molecule has 0 radical (unpaired) electrons. The van der Waals surface area contributed by atoms with Crippen molar-refractivity contribution in [1.82, 2.24) is 9.55 Å². The Kier molecular flexibility index (Phi) is 3.02. The molecule has 0 saturated heterocycles. The van der Waals surface area contributed by atoms with Gasteiger partial charge in [-0.05, 0) is 43.0 Å². The van der Waals surface area contributed by atoms with E-state index in [1.807, 2.05) is 0 Å². The van der Waals surface area contributed by atoms with Gasteiger partial charge in [-0.1, -0.05) is 6.92 Å². The van der Waals surface area contributed by atoms with E-state index in [-0.39, 0.29) is 24.3 Å². The number of aromatic nitrogens is 2. The first-order chi connectivity index (χ1) is 13.9. The van der Waals surface area contributed by atoms with Crippen molar-refractivity contribution in [3.8, 4) is 17.1 Å². The standard InChI is InChI=1S/C22H18N2O5/c1-2-22(28)14-7-16-19-12(8-24(16)20(26)13(14)9-29-21(22)27)10-3-4-11-17(25)6-5-15(23-19)18(10)11/h5-7,25,28H,2-4,8-9H2,1H3/t22-/m0/s1. The Balaban J connectivity index is 1.67. The molecular formula is C22H18N2O5. The van der Waals surface area contributed by atoms with E-state index in [4.69, 9.17) is 9.72 Å². The van der Waals surface area contributed by atoms with Crippen molar-refractivity contribution in [3.05, 3.63) is 56.4 Å². The van der Waals surface area contributed by atoms with Gasteiger partial charge in [0.1, 0.15) is 12.4 Å². The maximum Gasteiger partial charge on any atom is 0.343 e. The molecule has 0 saturated carbocycles. The summed E-state index contributed by atoms with van der Waals surface area (Å²) in [7, 11) is 0. The van der Waals surface area contributed by atoms with Crippen molar-refractivity contribution in [2.75, 3.05) is 0 Å². The molecule has 3 aromatic rings. The zero-order chi connectivity index (χ0) is 20.1. The summed E-state index contributed by atoms with van der Waals surface area (Å²) in [4.78, 5) is 30.3. The molecule has 2 N–H and O–H groups in total. The highest BCUT2D eigenvalue weighted by molar-refractivity contribution is 5.94. The van der Waals surface area contributed by atoms with E-state index in [1.54, 1.807) is 29.7 Å². The van der Waals surface area contributed by atoms with Gasteiger partial charge < -0.3 is 19.5 Å². The van der Waals surface area contributed by atoms with Gasteiger partial charge in [-0.2, -0.15) is 0 Å². The maximum absolute atomic E-state index is 13.2. The van der Waals surface area contributed by atoms with Crippen LogP contribution in [0.2, 0.25) is 0 Å². The Hall–Kier alpha value is -3.19. The predicted octanol–water partition coefficient (Wildman–Crippen LogP) is 1.88. The van der Waals surface area contributed by atoms with Crippen molar-refractivity contribution in [2.24, 2.45) is 0 Å². The largest absolute Gasteiger partial charge is 0.508 e. The fourth-order valence-corrected chi connectivity index (χ4v) is 5.11. The quantitative estimate of drug-likeness (QED) is 0.481. The van der Waals surface area contributed by atoms with Crippen LogP contribution >= 0.6 is 0 Å². The number of carbonyl (C=O) groups is 1. The molecule has 7 nitrogen and oxygen atoms in total. The third kappa shape index (κ3) is 1.88. The molecule has 29 heavy (non-hydrogen) atoms. The van der Waals surface area contributed by atoms with Crippen LogP contribution in [0.25, 0.3) is 22.3 Å². The molecule has 146 valence electrons. The summed E-state index contributed by atoms with van der Waals surface area (Å²) in [6, 6.07) is 5.18. The fourth-order valence-electron chi connectivity index (χ4n) is 5.11. The Labute approximate surface area is 165 Å². The third-order valence-electron chi connectivity index (χ3n) is 6.68. The summed E-state index contributed by atoms with van der Waals surface area (Å²) < 4.78 is 6.76. The molecule has 6 rings (SSSR count). The third-order valence-corrected chi connectivity index (χ3v) is 6.68. The number of esters is 1.